The summed E-state index contributed by atoms with van der Waals surface area (Å²) >= 11 is 1.89. The molecule has 4 heteroatoms. The molecule has 0 saturated heterocycles. The highest BCUT2D eigenvalue weighted by molar-refractivity contribution is 7.26. The lowest BCUT2D eigenvalue weighted by Gasteiger charge is -2.40. The Balaban J connectivity index is 1.22. The molecule has 2 aliphatic rings. The van der Waals surface area contributed by atoms with Gasteiger partial charge in [-0.25, -0.2) is 0 Å². The molecular formula is C49H33N3S. The highest BCUT2D eigenvalue weighted by atomic mass is 32.1. The molecule has 53 heavy (non-hydrogen) atoms. The van der Waals surface area contributed by atoms with Gasteiger partial charge in [-0.3, -0.25) is 4.98 Å². The average molecular weight is 696 g/mol. The van der Waals surface area contributed by atoms with E-state index in [9.17, 15) is 0 Å². The zero-order valence-electron chi connectivity index (χ0n) is 28.9. The summed E-state index contributed by atoms with van der Waals surface area (Å²) in [6, 6.07) is 62.2. The van der Waals surface area contributed by atoms with Crippen molar-refractivity contribution in [2.75, 3.05) is 22.9 Å². The molecule has 0 saturated carbocycles. The molecule has 1 aliphatic heterocycles. The fourth-order valence-electron chi connectivity index (χ4n) is 8.65. The Morgan fingerprint density at radius 3 is 1.72 bits per heavy atom. The van der Waals surface area contributed by atoms with Crippen LogP contribution in [0.3, 0.4) is 0 Å². The number of aromatic nitrogens is 1. The molecule has 1 aliphatic carbocycles. The van der Waals surface area contributed by atoms with Gasteiger partial charge in [-0.1, -0.05) is 121 Å². The summed E-state index contributed by atoms with van der Waals surface area (Å²) < 4.78 is 2.64. The minimum atomic E-state index is 0.867. The van der Waals surface area contributed by atoms with Gasteiger partial charge >= 0.3 is 0 Å². The Morgan fingerprint density at radius 1 is 0.415 bits per heavy atom. The van der Waals surface area contributed by atoms with E-state index < -0.39 is 0 Å². The Bertz CT molecular complexity index is 2860. The maximum absolute atomic E-state index is 5.21. The van der Waals surface area contributed by atoms with Crippen molar-refractivity contribution in [1.82, 2.24) is 4.98 Å². The third-order valence-electron chi connectivity index (χ3n) is 11.0. The molecule has 0 bridgehead atoms. The number of hydrogen-bond donors (Lipinski definition) is 0. The molecule has 0 atom stereocenters. The van der Waals surface area contributed by atoms with Crippen LogP contribution < -0.4 is 9.80 Å². The molecule has 7 aromatic carbocycles. The van der Waals surface area contributed by atoms with E-state index in [1.54, 1.807) is 0 Å². The molecular weight excluding hydrogens is 663 g/mol. The van der Waals surface area contributed by atoms with Gasteiger partial charge in [-0.15, -0.1) is 11.3 Å². The van der Waals surface area contributed by atoms with Crippen molar-refractivity contribution in [1.29, 1.82) is 0 Å². The first-order chi connectivity index (χ1) is 26.3. The SMILES string of the molecule is c1ccc(N2CCN(c3ccccc3)c3cc4c(cc32)-c2ccccc2-c2c(cccc2-c2cccc3c2sc2ccccc23)-c2cccnc2-4)cc1. The van der Waals surface area contributed by atoms with Crippen LogP contribution in [0.1, 0.15) is 0 Å². The number of fused-ring (bicyclic) bond motifs is 12. The van der Waals surface area contributed by atoms with Crippen molar-refractivity contribution in [2.45, 2.75) is 0 Å². The van der Waals surface area contributed by atoms with Gasteiger partial charge in [-0.2, -0.15) is 0 Å². The number of thiophene rings is 1. The molecule has 11 rings (SSSR count). The minimum Gasteiger partial charge on any atom is -0.338 e. The van der Waals surface area contributed by atoms with Gasteiger partial charge in [0.05, 0.1) is 17.1 Å². The normalized spacial score (nSPS) is 13.1. The van der Waals surface area contributed by atoms with Gasteiger partial charge in [0.2, 0.25) is 0 Å². The molecule has 0 N–H and O–H groups in total. The van der Waals surface area contributed by atoms with E-state index in [0.717, 1.165) is 29.9 Å². The smallest absolute Gasteiger partial charge is 0.0787 e. The van der Waals surface area contributed by atoms with E-state index in [2.05, 4.69) is 180 Å². The number of anilines is 4. The predicted octanol–water partition coefficient (Wildman–Crippen LogP) is 13.4. The maximum atomic E-state index is 5.21. The summed E-state index contributed by atoms with van der Waals surface area (Å²) in [5.41, 5.74) is 16.6. The van der Waals surface area contributed by atoms with Gasteiger partial charge < -0.3 is 9.80 Å². The molecule has 250 valence electrons. The van der Waals surface area contributed by atoms with Crippen molar-refractivity contribution in [3.8, 4) is 55.8 Å². The standard InChI is InChI=1S/C49H33N3S/c1-3-14-32(15-4-1)51-28-29-52(33-16-5-2-6-17-33)45-31-43-42(30-44(45)51)34-18-7-8-20-36(34)47-37(39-25-13-27-50-48(39)43)21-11-22-38(47)41-24-12-23-40-35-19-9-10-26-46(35)53-49(40)41/h1-27,30-31H,28-29H2. The monoisotopic (exact) mass is 695 g/mol. The van der Waals surface area contributed by atoms with E-state index in [-0.39, 0.29) is 0 Å². The van der Waals surface area contributed by atoms with Gasteiger partial charge in [0.15, 0.2) is 0 Å². The summed E-state index contributed by atoms with van der Waals surface area (Å²) in [5.74, 6) is 0. The molecule has 0 unspecified atom stereocenters. The zero-order valence-corrected chi connectivity index (χ0v) is 29.7. The highest BCUT2D eigenvalue weighted by Gasteiger charge is 2.31. The average Bonchev–Trinajstić information content (AvgIpc) is 3.62. The van der Waals surface area contributed by atoms with Gasteiger partial charge in [0.25, 0.3) is 0 Å². The van der Waals surface area contributed by atoms with E-state index in [1.165, 1.54) is 81.9 Å². The lowest BCUT2D eigenvalue weighted by Crippen LogP contribution is -2.36. The van der Waals surface area contributed by atoms with Crippen LogP contribution in [-0.2, 0) is 0 Å². The predicted molar refractivity (Wildman–Crippen MR) is 225 cm³/mol. The van der Waals surface area contributed by atoms with Crippen LogP contribution >= 0.6 is 11.3 Å². The Labute approximate surface area is 312 Å². The second-order valence-electron chi connectivity index (χ2n) is 13.8. The van der Waals surface area contributed by atoms with Gasteiger partial charge in [0, 0.05) is 67.5 Å². The Morgan fingerprint density at radius 2 is 0.962 bits per heavy atom. The quantitative estimate of drug-likeness (QED) is 0.183. The summed E-state index contributed by atoms with van der Waals surface area (Å²) in [6.07, 6.45) is 1.95. The van der Waals surface area contributed by atoms with E-state index >= 15 is 0 Å². The number of benzene rings is 7. The van der Waals surface area contributed by atoms with Crippen molar-refractivity contribution >= 4 is 54.3 Å². The van der Waals surface area contributed by atoms with Crippen molar-refractivity contribution < 1.29 is 0 Å². The first-order valence-electron chi connectivity index (χ1n) is 18.2. The number of hydrogen-bond acceptors (Lipinski definition) is 4. The Hall–Kier alpha value is -6.49. The first-order valence-corrected chi connectivity index (χ1v) is 19.1. The number of rotatable bonds is 3. The third-order valence-corrected chi connectivity index (χ3v) is 12.2. The number of para-hydroxylation sites is 2. The molecule has 0 radical (unpaired) electrons. The van der Waals surface area contributed by atoms with Crippen LogP contribution in [0.4, 0.5) is 22.7 Å². The van der Waals surface area contributed by atoms with E-state index in [0.29, 0.717) is 0 Å². The highest BCUT2D eigenvalue weighted by Crippen LogP contribution is 2.54. The van der Waals surface area contributed by atoms with Crippen LogP contribution in [0.15, 0.2) is 176 Å². The van der Waals surface area contributed by atoms with E-state index in [4.69, 9.17) is 4.98 Å². The molecule has 3 heterocycles. The minimum absolute atomic E-state index is 0.867. The number of nitrogens with zero attached hydrogens (tertiary/aromatic N) is 3. The topological polar surface area (TPSA) is 19.4 Å². The van der Waals surface area contributed by atoms with Crippen LogP contribution in [0.2, 0.25) is 0 Å². The molecule has 3 nitrogen and oxygen atoms in total. The van der Waals surface area contributed by atoms with Crippen LogP contribution in [0.25, 0.3) is 75.9 Å². The van der Waals surface area contributed by atoms with Crippen LogP contribution in [-0.4, -0.2) is 18.1 Å². The molecule has 0 spiro atoms. The molecule has 0 fully saturated rings. The van der Waals surface area contributed by atoms with E-state index in [1.807, 2.05) is 17.5 Å². The van der Waals surface area contributed by atoms with Crippen LogP contribution in [0, 0.1) is 0 Å². The Kier molecular flexibility index (Phi) is 6.86. The molecule has 2 aromatic heterocycles. The maximum Gasteiger partial charge on any atom is 0.0787 e. The lowest BCUT2D eigenvalue weighted by molar-refractivity contribution is 0.850. The first kappa shape index (κ1) is 30.2. The largest absolute Gasteiger partial charge is 0.338 e. The van der Waals surface area contributed by atoms with Crippen molar-refractivity contribution in [3.05, 3.63) is 176 Å². The lowest BCUT2D eigenvalue weighted by atomic mass is 9.79. The zero-order chi connectivity index (χ0) is 34.9. The summed E-state index contributed by atoms with van der Waals surface area (Å²) in [7, 11) is 0. The second kappa shape index (κ2) is 12.0. The fourth-order valence-corrected chi connectivity index (χ4v) is 9.88. The number of pyridine rings is 1. The molecule has 9 aromatic rings. The summed E-state index contributed by atoms with van der Waals surface area (Å²) in [5, 5.41) is 2.62. The van der Waals surface area contributed by atoms with Crippen molar-refractivity contribution in [2.24, 2.45) is 0 Å². The van der Waals surface area contributed by atoms with Gasteiger partial charge in [-0.05, 0) is 81.9 Å². The van der Waals surface area contributed by atoms with Gasteiger partial charge in [0.1, 0.15) is 0 Å². The van der Waals surface area contributed by atoms with Crippen molar-refractivity contribution in [3.63, 3.8) is 0 Å². The third kappa shape index (κ3) is 4.69. The van der Waals surface area contributed by atoms with Crippen LogP contribution in [0.5, 0.6) is 0 Å². The summed E-state index contributed by atoms with van der Waals surface area (Å²) in [6.45, 7) is 1.74. The molecule has 0 amide bonds. The fraction of sp³-hybridized carbons (Fsp3) is 0.0408. The second-order valence-corrected chi connectivity index (χ2v) is 14.9. The summed E-state index contributed by atoms with van der Waals surface area (Å²) in [4.78, 5) is 10.2.